The number of amides is 1. The van der Waals surface area contributed by atoms with Crippen LogP contribution in [0.4, 0.5) is 0 Å². The third-order valence-corrected chi connectivity index (χ3v) is 5.59. The fourth-order valence-electron chi connectivity index (χ4n) is 3.97. The number of rotatable bonds is 10. The van der Waals surface area contributed by atoms with Gasteiger partial charge in [-0.2, -0.15) is 0 Å². The van der Waals surface area contributed by atoms with Gasteiger partial charge in [0.1, 0.15) is 5.75 Å². The van der Waals surface area contributed by atoms with Crippen molar-refractivity contribution >= 4 is 5.91 Å². The van der Waals surface area contributed by atoms with Crippen LogP contribution in [-0.4, -0.2) is 19.1 Å². The van der Waals surface area contributed by atoms with E-state index in [1.54, 1.807) is 7.11 Å². The highest BCUT2D eigenvalue weighted by atomic mass is 16.5. The van der Waals surface area contributed by atoms with Gasteiger partial charge in [0.05, 0.1) is 12.6 Å². The summed E-state index contributed by atoms with van der Waals surface area (Å²) in [5, 5.41) is 3.91. The smallest absolute Gasteiger partial charge is 0.217 e. The van der Waals surface area contributed by atoms with E-state index in [2.05, 4.69) is 72.9 Å². The Morgan fingerprint density at radius 1 is 0.900 bits per heavy atom. The van der Waals surface area contributed by atoms with E-state index in [0.717, 1.165) is 28.9 Å². The minimum absolute atomic E-state index is 0.111. The molecule has 0 aliphatic rings. The SMILES string of the molecule is CCC(CCC(N)=O)NC(c1ccccc1)(c1ccccc1)c1ccc(OC)cc1. The van der Waals surface area contributed by atoms with Gasteiger partial charge < -0.3 is 10.5 Å². The molecule has 3 aromatic carbocycles. The minimum Gasteiger partial charge on any atom is -0.497 e. The first kappa shape index (κ1) is 21.6. The van der Waals surface area contributed by atoms with E-state index in [0.29, 0.717) is 12.8 Å². The maximum Gasteiger partial charge on any atom is 0.217 e. The normalized spacial score (nSPS) is 12.3. The number of primary amides is 1. The molecular weight excluding hydrogens is 372 g/mol. The number of benzene rings is 3. The summed E-state index contributed by atoms with van der Waals surface area (Å²) in [4.78, 5) is 11.4. The monoisotopic (exact) mass is 402 g/mol. The number of carbonyl (C=O) groups excluding carboxylic acids is 1. The third-order valence-electron chi connectivity index (χ3n) is 5.59. The molecular formula is C26H30N2O2. The van der Waals surface area contributed by atoms with Crippen LogP contribution in [0.3, 0.4) is 0 Å². The van der Waals surface area contributed by atoms with Crippen LogP contribution in [0.25, 0.3) is 0 Å². The average molecular weight is 403 g/mol. The second-order valence-corrected chi connectivity index (χ2v) is 7.47. The molecule has 1 atom stereocenters. The topological polar surface area (TPSA) is 64.4 Å². The molecule has 0 spiro atoms. The van der Waals surface area contributed by atoms with Crippen molar-refractivity contribution in [3.63, 3.8) is 0 Å². The zero-order valence-corrected chi connectivity index (χ0v) is 17.7. The maximum absolute atomic E-state index is 11.4. The molecule has 3 aromatic rings. The summed E-state index contributed by atoms with van der Waals surface area (Å²) in [6, 6.07) is 29.2. The van der Waals surface area contributed by atoms with Crippen molar-refractivity contribution in [1.82, 2.24) is 5.32 Å². The van der Waals surface area contributed by atoms with Gasteiger partial charge in [-0.15, -0.1) is 0 Å². The van der Waals surface area contributed by atoms with Crippen molar-refractivity contribution < 1.29 is 9.53 Å². The molecule has 3 N–H and O–H groups in total. The van der Waals surface area contributed by atoms with Crippen LogP contribution in [0.2, 0.25) is 0 Å². The molecule has 4 heteroatoms. The highest BCUT2D eigenvalue weighted by Crippen LogP contribution is 2.38. The predicted octanol–water partition coefficient (Wildman–Crippen LogP) is 4.62. The Morgan fingerprint density at radius 3 is 1.83 bits per heavy atom. The van der Waals surface area contributed by atoms with Crippen LogP contribution in [0.15, 0.2) is 84.9 Å². The van der Waals surface area contributed by atoms with E-state index in [1.165, 1.54) is 0 Å². The molecule has 156 valence electrons. The maximum atomic E-state index is 11.4. The van der Waals surface area contributed by atoms with Crippen molar-refractivity contribution in [3.05, 3.63) is 102 Å². The highest BCUT2D eigenvalue weighted by Gasteiger charge is 2.37. The first-order valence-electron chi connectivity index (χ1n) is 10.4. The van der Waals surface area contributed by atoms with Crippen LogP contribution < -0.4 is 15.8 Å². The summed E-state index contributed by atoms with van der Waals surface area (Å²) in [5.41, 5.74) is 8.25. The summed E-state index contributed by atoms with van der Waals surface area (Å²) < 4.78 is 5.39. The first-order chi connectivity index (χ1) is 14.6. The molecule has 1 amide bonds. The fourth-order valence-corrected chi connectivity index (χ4v) is 3.97. The molecule has 4 nitrogen and oxygen atoms in total. The van der Waals surface area contributed by atoms with Crippen molar-refractivity contribution in [2.75, 3.05) is 7.11 Å². The molecule has 0 fully saturated rings. The van der Waals surface area contributed by atoms with E-state index < -0.39 is 5.54 Å². The predicted molar refractivity (Wildman–Crippen MR) is 121 cm³/mol. The van der Waals surface area contributed by atoms with Crippen molar-refractivity contribution in [1.29, 1.82) is 0 Å². The van der Waals surface area contributed by atoms with Gasteiger partial charge in [-0.3, -0.25) is 10.1 Å². The summed E-state index contributed by atoms with van der Waals surface area (Å²) in [6.45, 7) is 2.13. The Bertz CT molecular complexity index is 885. The van der Waals surface area contributed by atoms with Gasteiger partial charge in [0.2, 0.25) is 5.91 Å². The van der Waals surface area contributed by atoms with Gasteiger partial charge in [-0.1, -0.05) is 79.7 Å². The standard InChI is InChI=1S/C26H30N2O2/c1-3-23(16-19-25(27)29)28-26(20-10-6-4-7-11-20,21-12-8-5-9-13-21)22-14-17-24(30-2)18-15-22/h4-15,17-18,23,28H,3,16,19H2,1-2H3,(H2,27,29). The lowest BCUT2D eigenvalue weighted by atomic mass is 9.76. The molecule has 0 radical (unpaired) electrons. The number of hydrogen-bond donors (Lipinski definition) is 2. The van der Waals surface area contributed by atoms with Crippen molar-refractivity contribution in [2.24, 2.45) is 5.73 Å². The van der Waals surface area contributed by atoms with Crippen LogP contribution in [0, 0.1) is 0 Å². The number of methoxy groups -OCH3 is 1. The summed E-state index contributed by atoms with van der Waals surface area (Å²) in [7, 11) is 1.67. The van der Waals surface area contributed by atoms with Crippen molar-refractivity contribution in [2.45, 2.75) is 37.8 Å². The molecule has 0 aromatic heterocycles. The lowest BCUT2D eigenvalue weighted by Gasteiger charge is -2.40. The van der Waals surface area contributed by atoms with Gasteiger partial charge in [0, 0.05) is 12.5 Å². The molecule has 0 saturated carbocycles. The Labute approximate surface area is 179 Å². The summed E-state index contributed by atoms with van der Waals surface area (Å²) in [5.74, 6) is 0.541. The van der Waals surface area contributed by atoms with Gasteiger partial charge in [-0.25, -0.2) is 0 Å². The molecule has 0 heterocycles. The largest absolute Gasteiger partial charge is 0.497 e. The van der Waals surface area contributed by atoms with Crippen LogP contribution in [0.5, 0.6) is 5.75 Å². The van der Waals surface area contributed by atoms with E-state index in [1.807, 2.05) is 24.3 Å². The number of hydrogen-bond acceptors (Lipinski definition) is 3. The first-order valence-corrected chi connectivity index (χ1v) is 10.4. The Kier molecular flexibility index (Phi) is 7.26. The molecule has 30 heavy (non-hydrogen) atoms. The van der Waals surface area contributed by atoms with Gasteiger partial charge in [0.25, 0.3) is 0 Å². The van der Waals surface area contributed by atoms with Crippen LogP contribution in [0.1, 0.15) is 42.9 Å². The molecule has 0 aliphatic heterocycles. The number of carbonyl (C=O) groups is 1. The average Bonchev–Trinajstić information content (AvgIpc) is 2.81. The molecule has 0 bridgehead atoms. The van der Waals surface area contributed by atoms with Crippen LogP contribution >= 0.6 is 0 Å². The Morgan fingerprint density at radius 2 is 1.40 bits per heavy atom. The molecule has 1 unspecified atom stereocenters. The minimum atomic E-state index is -0.576. The van der Waals surface area contributed by atoms with Crippen LogP contribution in [-0.2, 0) is 10.3 Å². The van der Waals surface area contributed by atoms with Gasteiger partial charge in [-0.05, 0) is 41.7 Å². The van der Waals surface area contributed by atoms with E-state index in [-0.39, 0.29) is 11.9 Å². The number of nitrogens with two attached hydrogens (primary N) is 1. The second-order valence-electron chi connectivity index (χ2n) is 7.47. The summed E-state index contributed by atoms with van der Waals surface area (Å²) >= 11 is 0. The zero-order valence-electron chi connectivity index (χ0n) is 17.7. The Hall–Kier alpha value is -3.11. The summed E-state index contributed by atoms with van der Waals surface area (Å²) in [6.07, 6.45) is 1.92. The lowest BCUT2D eigenvalue weighted by Crippen LogP contribution is -2.49. The quantitative estimate of drug-likeness (QED) is 0.486. The fraction of sp³-hybridized carbons (Fsp3) is 0.269. The molecule has 3 rings (SSSR count). The number of ether oxygens (including phenoxy) is 1. The second kappa shape index (κ2) is 10.1. The molecule has 0 saturated heterocycles. The lowest BCUT2D eigenvalue weighted by molar-refractivity contribution is -0.118. The van der Waals surface area contributed by atoms with Gasteiger partial charge >= 0.3 is 0 Å². The van der Waals surface area contributed by atoms with Gasteiger partial charge in [0.15, 0.2) is 0 Å². The number of nitrogens with one attached hydrogen (secondary N) is 1. The van der Waals surface area contributed by atoms with Crippen molar-refractivity contribution in [3.8, 4) is 5.75 Å². The third kappa shape index (κ3) is 4.71. The highest BCUT2D eigenvalue weighted by molar-refractivity contribution is 5.73. The van der Waals surface area contributed by atoms with E-state index in [9.17, 15) is 4.79 Å². The van der Waals surface area contributed by atoms with E-state index >= 15 is 0 Å². The zero-order chi connectivity index (χ0) is 21.4. The Balaban J connectivity index is 2.19. The molecule has 0 aliphatic carbocycles. The van der Waals surface area contributed by atoms with E-state index in [4.69, 9.17) is 10.5 Å².